The van der Waals surface area contributed by atoms with E-state index >= 15 is 0 Å². The van der Waals surface area contributed by atoms with Gasteiger partial charge in [-0.1, -0.05) is 11.8 Å². The van der Waals surface area contributed by atoms with E-state index in [4.69, 9.17) is 5.73 Å². The van der Waals surface area contributed by atoms with Gasteiger partial charge in [0.25, 0.3) is 0 Å². The van der Waals surface area contributed by atoms with Crippen LogP contribution in [0, 0.1) is 5.82 Å². The van der Waals surface area contributed by atoms with Gasteiger partial charge in [-0.2, -0.15) is 13.2 Å². The second kappa shape index (κ2) is 8.69. The van der Waals surface area contributed by atoms with Crippen LogP contribution in [0.15, 0.2) is 47.8 Å². The molecule has 7 nitrogen and oxygen atoms in total. The number of fused-ring (bicyclic) bond motifs is 1. The Kier molecular flexibility index (Phi) is 6.25. The number of hydrogen-bond acceptors (Lipinski definition) is 5. The van der Waals surface area contributed by atoms with Gasteiger partial charge in [-0.25, -0.2) is 4.39 Å². The molecule has 0 aliphatic carbocycles. The fourth-order valence-corrected chi connectivity index (χ4v) is 3.37. The van der Waals surface area contributed by atoms with Crippen molar-refractivity contribution in [3.63, 3.8) is 0 Å². The quantitative estimate of drug-likeness (QED) is 0.450. The summed E-state index contributed by atoms with van der Waals surface area (Å²) >= 11 is 0.885. The smallest absolute Gasteiger partial charge is 0.370 e. The molecule has 30 heavy (non-hydrogen) atoms. The second-order valence-corrected chi connectivity index (χ2v) is 7.10. The Bertz CT molecular complexity index is 1070. The van der Waals surface area contributed by atoms with Gasteiger partial charge in [0.15, 0.2) is 10.8 Å². The Balaban J connectivity index is 1.79. The molecule has 2 aromatic heterocycles. The monoisotopic (exact) mass is 441 g/mol. The summed E-state index contributed by atoms with van der Waals surface area (Å²) in [6, 6.07) is 7.15. The standard InChI is InChI=1S/C18H15F4N5O2S/c19-12-2-4-13(5-3-12)26(8-7-14(23)28)16(29)10-30-17-25-24-15-6-1-11(9-27(15)17)18(20,21)22/h1-6,9H,7-8,10H2,(H2,23,28). The Morgan fingerprint density at radius 3 is 2.43 bits per heavy atom. The Morgan fingerprint density at radius 2 is 1.80 bits per heavy atom. The fourth-order valence-electron chi connectivity index (χ4n) is 2.58. The summed E-state index contributed by atoms with van der Waals surface area (Å²) in [5.41, 5.74) is 4.82. The number of anilines is 1. The molecule has 0 aliphatic rings. The lowest BCUT2D eigenvalue weighted by Gasteiger charge is -2.22. The van der Waals surface area contributed by atoms with Crippen molar-refractivity contribution in [1.82, 2.24) is 14.6 Å². The van der Waals surface area contributed by atoms with Crippen molar-refractivity contribution in [1.29, 1.82) is 0 Å². The molecule has 158 valence electrons. The van der Waals surface area contributed by atoms with Gasteiger partial charge in [0.1, 0.15) is 5.82 Å². The lowest BCUT2D eigenvalue weighted by molar-refractivity contribution is -0.138. The molecule has 0 saturated heterocycles. The molecule has 1 aromatic carbocycles. The largest absolute Gasteiger partial charge is 0.417 e. The number of aromatic nitrogens is 3. The highest BCUT2D eigenvalue weighted by Gasteiger charge is 2.31. The summed E-state index contributed by atoms with van der Waals surface area (Å²) in [4.78, 5) is 25.1. The zero-order chi connectivity index (χ0) is 21.9. The average Bonchev–Trinajstić information content (AvgIpc) is 3.09. The minimum atomic E-state index is -4.54. The topological polar surface area (TPSA) is 93.6 Å². The van der Waals surface area contributed by atoms with Gasteiger partial charge in [0.05, 0.1) is 11.3 Å². The van der Waals surface area contributed by atoms with Gasteiger partial charge in [0, 0.05) is 24.8 Å². The maximum absolute atomic E-state index is 13.2. The molecule has 0 fully saturated rings. The molecule has 2 heterocycles. The molecule has 0 atom stereocenters. The number of pyridine rings is 1. The average molecular weight is 441 g/mol. The van der Waals surface area contributed by atoms with E-state index in [0.717, 1.165) is 40.6 Å². The number of hydrogen-bond donors (Lipinski definition) is 1. The van der Waals surface area contributed by atoms with Crippen LogP contribution >= 0.6 is 11.8 Å². The van der Waals surface area contributed by atoms with E-state index in [-0.39, 0.29) is 29.5 Å². The highest BCUT2D eigenvalue weighted by molar-refractivity contribution is 7.99. The summed E-state index contributed by atoms with van der Waals surface area (Å²) in [5.74, 6) is -1.78. The van der Waals surface area contributed by atoms with Crippen molar-refractivity contribution >= 4 is 34.9 Å². The third-order valence-electron chi connectivity index (χ3n) is 4.04. The molecule has 0 spiro atoms. The van der Waals surface area contributed by atoms with E-state index < -0.39 is 29.4 Å². The first kappa shape index (κ1) is 21.6. The molecule has 0 bridgehead atoms. The molecule has 3 rings (SSSR count). The minimum Gasteiger partial charge on any atom is -0.370 e. The van der Waals surface area contributed by atoms with E-state index in [1.54, 1.807) is 0 Å². The summed E-state index contributed by atoms with van der Waals surface area (Å²) in [6.45, 7) is -0.0286. The number of benzene rings is 1. The second-order valence-electron chi connectivity index (χ2n) is 6.15. The third-order valence-corrected chi connectivity index (χ3v) is 4.97. The van der Waals surface area contributed by atoms with Crippen LogP contribution in [-0.2, 0) is 15.8 Å². The number of carbonyl (C=O) groups is 2. The predicted molar refractivity (Wildman–Crippen MR) is 101 cm³/mol. The van der Waals surface area contributed by atoms with Crippen molar-refractivity contribution < 1.29 is 27.2 Å². The molecule has 0 aliphatic heterocycles. The van der Waals surface area contributed by atoms with Gasteiger partial charge >= 0.3 is 6.18 Å². The molecular weight excluding hydrogens is 426 g/mol. The molecule has 3 aromatic rings. The van der Waals surface area contributed by atoms with E-state index in [2.05, 4.69) is 10.2 Å². The van der Waals surface area contributed by atoms with Crippen molar-refractivity contribution in [2.24, 2.45) is 5.73 Å². The zero-order valence-electron chi connectivity index (χ0n) is 15.3. The highest BCUT2D eigenvalue weighted by Crippen LogP contribution is 2.30. The normalized spacial score (nSPS) is 11.6. The number of halogens is 4. The van der Waals surface area contributed by atoms with Crippen molar-refractivity contribution in [3.05, 3.63) is 54.0 Å². The van der Waals surface area contributed by atoms with Gasteiger partial charge in [0.2, 0.25) is 11.8 Å². The first-order chi connectivity index (χ1) is 14.1. The van der Waals surface area contributed by atoms with Gasteiger partial charge in [-0.05, 0) is 36.4 Å². The first-order valence-electron chi connectivity index (χ1n) is 8.54. The van der Waals surface area contributed by atoms with E-state index in [0.29, 0.717) is 5.69 Å². The number of rotatable bonds is 7. The zero-order valence-corrected chi connectivity index (χ0v) is 16.1. The maximum Gasteiger partial charge on any atom is 0.417 e. The number of alkyl halides is 3. The summed E-state index contributed by atoms with van der Waals surface area (Å²) in [6.07, 6.45) is -3.80. The number of primary amides is 1. The predicted octanol–water partition coefficient (Wildman–Crippen LogP) is 2.89. The third kappa shape index (κ3) is 5.06. The summed E-state index contributed by atoms with van der Waals surface area (Å²) in [5, 5.41) is 7.71. The minimum absolute atomic E-state index is 0.0286. The lowest BCUT2D eigenvalue weighted by atomic mass is 10.2. The maximum atomic E-state index is 13.2. The van der Waals surface area contributed by atoms with Crippen LogP contribution in [0.2, 0.25) is 0 Å². The van der Waals surface area contributed by atoms with Crippen LogP contribution < -0.4 is 10.6 Å². The molecule has 2 amide bonds. The Labute approximate surface area is 171 Å². The Morgan fingerprint density at radius 1 is 1.10 bits per heavy atom. The number of nitrogens with two attached hydrogens (primary N) is 1. The van der Waals surface area contributed by atoms with Crippen molar-refractivity contribution in [2.75, 3.05) is 17.2 Å². The summed E-state index contributed by atoms with van der Waals surface area (Å²) in [7, 11) is 0. The van der Waals surface area contributed by atoms with E-state index in [9.17, 15) is 27.2 Å². The van der Waals surface area contributed by atoms with Crippen LogP contribution in [0.1, 0.15) is 12.0 Å². The van der Waals surface area contributed by atoms with Gasteiger partial charge in [-0.15, -0.1) is 10.2 Å². The number of thioether (sulfide) groups is 1. The van der Waals surface area contributed by atoms with Crippen LogP contribution in [0.5, 0.6) is 0 Å². The van der Waals surface area contributed by atoms with Crippen molar-refractivity contribution in [2.45, 2.75) is 17.8 Å². The SMILES string of the molecule is NC(=O)CCN(C(=O)CSc1nnc2ccc(C(F)(F)F)cn12)c1ccc(F)cc1. The molecule has 2 N–H and O–H groups in total. The van der Waals surface area contributed by atoms with Gasteiger partial charge < -0.3 is 10.6 Å². The van der Waals surface area contributed by atoms with E-state index in [1.165, 1.54) is 23.1 Å². The van der Waals surface area contributed by atoms with Crippen LogP contribution in [0.25, 0.3) is 5.65 Å². The number of amides is 2. The van der Waals surface area contributed by atoms with Crippen LogP contribution in [0.3, 0.4) is 0 Å². The van der Waals surface area contributed by atoms with Gasteiger partial charge in [-0.3, -0.25) is 14.0 Å². The molecule has 0 saturated carbocycles. The first-order valence-corrected chi connectivity index (χ1v) is 9.53. The Hall–Kier alpha value is -3.15. The van der Waals surface area contributed by atoms with Crippen molar-refractivity contribution in [3.8, 4) is 0 Å². The number of carbonyl (C=O) groups excluding carboxylic acids is 2. The highest BCUT2D eigenvalue weighted by atomic mass is 32.2. The summed E-state index contributed by atoms with van der Waals surface area (Å²) < 4.78 is 53.2. The molecule has 0 radical (unpaired) electrons. The number of nitrogens with zero attached hydrogens (tertiary/aromatic N) is 4. The van der Waals surface area contributed by atoms with Crippen LogP contribution in [-0.4, -0.2) is 38.7 Å². The van der Waals surface area contributed by atoms with Crippen LogP contribution in [0.4, 0.5) is 23.2 Å². The molecule has 12 heteroatoms. The fraction of sp³-hybridized carbons (Fsp3) is 0.222. The molecule has 0 unspecified atom stereocenters. The molecular formula is C18H15F4N5O2S. The lowest BCUT2D eigenvalue weighted by Crippen LogP contribution is -2.35. The van der Waals surface area contributed by atoms with E-state index in [1.807, 2.05) is 0 Å².